The lowest BCUT2D eigenvalue weighted by Gasteiger charge is -2.39. The molecule has 0 saturated heterocycles. The van der Waals surface area contributed by atoms with Crippen molar-refractivity contribution in [1.82, 2.24) is 0 Å². The standard InChI is InChI=1S/C12H20O3/c1-7(2)10(11(13)14)12(15)5-3-4-8-6-9(8)12/h7-10,15H,3-6H2,1-2H3,(H,13,14). The molecule has 86 valence electrons. The number of carbonyl (C=O) groups is 1. The van der Waals surface area contributed by atoms with Gasteiger partial charge in [0.15, 0.2) is 0 Å². The van der Waals surface area contributed by atoms with Crippen LogP contribution in [0.1, 0.15) is 39.5 Å². The average molecular weight is 212 g/mol. The molecule has 0 amide bonds. The molecule has 2 fully saturated rings. The van der Waals surface area contributed by atoms with E-state index in [0.717, 1.165) is 12.8 Å². The Hall–Kier alpha value is -0.570. The van der Waals surface area contributed by atoms with E-state index in [0.29, 0.717) is 12.3 Å². The molecule has 3 nitrogen and oxygen atoms in total. The molecule has 2 saturated carbocycles. The van der Waals surface area contributed by atoms with Gasteiger partial charge in [-0.15, -0.1) is 0 Å². The predicted octanol–water partition coefficient (Wildman–Crippen LogP) is 1.89. The zero-order valence-electron chi connectivity index (χ0n) is 9.44. The monoisotopic (exact) mass is 212 g/mol. The highest BCUT2D eigenvalue weighted by Crippen LogP contribution is 2.58. The van der Waals surface area contributed by atoms with Crippen molar-refractivity contribution in [2.75, 3.05) is 0 Å². The Labute approximate surface area is 90.5 Å². The third kappa shape index (κ3) is 1.67. The van der Waals surface area contributed by atoms with Crippen LogP contribution in [0.25, 0.3) is 0 Å². The number of fused-ring (bicyclic) bond motifs is 1. The minimum atomic E-state index is -0.928. The van der Waals surface area contributed by atoms with Crippen LogP contribution in [0.5, 0.6) is 0 Å². The summed E-state index contributed by atoms with van der Waals surface area (Å²) >= 11 is 0. The van der Waals surface area contributed by atoms with Gasteiger partial charge in [-0.3, -0.25) is 4.79 Å². The Morgan fingerprint density at radius 2 is 2.13 bits per heavy atom. The molecular weight excluding hydrogens is 192 g/mol. The molecule has 15 heavy (non-hydrogen) atoms. The fourth-order valence-corrected chi connectivity index (χ4v) is 3.47. The van der Waals surface area contributed by atoms with Crippen LogP contribution < -0.4 is 0 Å². The number of rotatable bonds is 3. The van der Waals surface area contributed by atoms with Crippen molar-refractivity contribution < 1.29 is 15.0 Å². The Bertz CT molecular complexity index is 274. The molecule has 4 atom stereocenters. The fraction of sp³-hybridized carbons (Fsp3) is 0.917. The molecule has 2 N–H and O–H groups in total. The first kappa shape index (κ1) is 10.9. The predicted molar refractivity (Wildman–Crippen MR) is 56.4 cm³/mol. The Morgan fingerprint density at radius 1 is 1.47 bits per heavy atom. The molecule has 0 bridgehead atoms. The SMILES string of the molecule is CC(C)C(C(=O)O)C1(O)CCCC2CC21. The first-order valence-corrected chi connectivity index (χ1v) is 5.92. The third-order valence-electron chi connectivity index (χ3n) is 4.19. The summed E-state index contributed by atoms with van der Waals surface area (Å²) in [4.78, 5) is 11.2. The van der Waals surface area contributed by atoms with E-state index in [2.05, 4.69) is 0 Å². The summed E-state index contributed by atoms with van der Waals surface area (Å²) in [6.07, 6.45) is 3.86. The first-order valence-electron chi connectivity index (χ1n) is 5.92. The molecule has 0 radical (unpaired) electrons. The fourth-order valence-electron chi connectivity index (χ4n) is 3.47. The van der Waals surface area contributed by atoms with Gasteiger partial charge in [-0.1, -0.05) is 20.3 Å². The molecule has 3 heteroatoms. The second-order valence-electron chi connectivity index (χ2n) is 5.55. The normalized spacial score (nSPS) is 41.1. The summed E-state index contributed by atoms with van der Waals surface area (Å²) in [5, 5.41) is 19.8. The van der Waals surface area contributed by atoms with Gasteiger partial charge in [0.05, 0.1) is 11.5 Å². The molecular formula is C12H20O3. The van der Waals surface area contributed by atoms with E-state index >= 15 is 0 Å². The molecule has 0 spiro atoms. The highest BCUT2D eigenvalue weighted by molar-refractivity contribution is 5.72. The molecule has 4 unspecified atom stereocenters. The number of carboxylic acid groups (broad SMARTS) is 1. The van der Waals surface area contributed by atoms with E-state index in [4.69, 9.17) is 0 Å². The van der Waals surface area contributed by atoms with Gasteiger partial charge in [0.25, 0.3) is 0 Å². The van der Waals surface area contributed by atoms with Crippen molar-refractivity contribution in [1.29, 1.82) is 0 Å². The summed E-state index contributed by atoms with van der Waals surface area (Å²) in [5.41, 5.74) is -0.928. The van der Waals surface area contributed by atoms with Gasteiger partial charge in [-0.25, -0.2) is 0 Å². The number of aliphatic carboxylic acids is 1. The summed E-state index contributed by atoms with van der Waals surface area (Å²) in [7, 11) is 0. The third-order valence-corrected chi connectivity index (χ3v) is 4.19. The molecule has 0 aromatic rings. The van der Waals surface area contributed by atoms with E-state index in [-0.39, 0.29) is 11.8 Å². The number of carboxylic acids is 1. The Balaban J connectivity index is 2.21. The molecule has 2 aliphatic carbocycles. The molecule has 2 aliphatic rings. The van der Waals surface area contributed by atoms with Crippen molar-refractivity contribution in [3.05, 3.63) is 0 Å². The van der Waals surface area contributed by atoms with Crippen LogP contribution in [0, 0.1) is 23.7 Å². The van der Waals surface area contributed by atoms with Crippen LogP contribution in [-0.4, -0.2) is 21.8 Å². The van der Waals surface area contributed by atoms with Crippen molar-refractivity contribution in [2.24, 2.45) is 23.7 Å². The smallest absolute Gasteiger partial charge is 0.309 e. The minimum Gasteiger partial charge on any atom is -0.481 e. The summed E-state index contributed by atoms with van der Waals surface area (Å²) in [5.74, 6) is -0.557. The first-order chi connectivity index (χ1) is 6.97. The lowest BCUT2D eigenvalue weighted by molar-refractivity contribution is -0.160. The van der Waals surface area contributed by atoms with E-state index in [1.807, 2.05) is 13.8 Å². The number of hydrogen-bond acceptors (Lipinski definition) is 2. The van der Waals surface area contributed by atoms with Gasteiger partial charge in [0.1, 0.15) is 0 Å². The second-order valence-corrected chi connectivity index (χ2v) is 5.55. The zero-order valence-corrected chi connectivity index (χ0v) is 9.44. The van der Waals surface area contributed by atoms with Gasteiger partial charge in [0.2, 0.25) is 0 Å². The van der Waals surface area contributed by atoms with Gasteiger partial charge in [-0.05, 0) is 37.0 Å². The molecule has 0 heterocycles. The van der Waals surface area contributed by atoms with E-state index in [9.17, 15) is 15.0 Å². The maximum absolute atomic E-state index is 11.2. The van der Waals surface area contributed by atoms with Crippen LogP contribution in [0.4, 0.5) is 0 Å². The van der Waals surface area contributed by atoms with Crippen molar-refractivity contribution in [3.8, 4) is 0 Å². The maximum atomic E-state index is 11.2. The van der Waals surface area contributed by atoms with Crippen LogP contribution in [0.15, 0.2) is 0 Å². The highest BCUT2D eigenvalue weighted by atomic mass is 16.4. The largest absolute Gasteiger partial charge is 0.481 e. The topological polar surface area (TPSA) is 57.5 Å². The van der Waals surface area contributed by atoms with Gasteiger partial charge >= 0.3 is 5.97 Å². The summed E-state index contributed by atoms with van der Waals surface area (Å²) in [6.45, 7) is 3.78. The van der Waals surface area contributed by atoms with Crippen molar-refractivity contribution >= 4 is 5.97 Å². The maximum Gasteiger partial charge on any atom is 0.309 e. The minimum absolute atomic E-state index is 0.00634. The lowest BCUT2D eigenvalue weighted by atomic mass is 9.71. The zero-order chi connectivity index (χ0) is 11.2. The Kier molecular flexibility index (Phi) is 2.53. The second kappa shape index (κ2) is 3.48. The molecule has 0 aliphatic heterocycles. The van der Waals surface area contributed by atoms with E-state index < -0.39 is 17.5 Å². The number of aliphatic hydroxyl groups is 1. The number of hydrogen-bond donors (Lipinski definition) is 2. The highest BCUT2D eigenvalue weighted by Gasteiger charge is 2.59. The van der Waals surface area contributed by atoms with E-state index in [1.165, 1.54) is 6.42 Å². The molecule has 0 aromatic carbocycles. The molecule has 0 aromatic heterocycles. The van der Waals surface area contributed by atoms with Crippen LogP contribution in [0.2, 0.25) is 0 Å². The average Bonchev–Trinajstić information content (AvgIpc) is 2.82. The summed E-state index contributed by atoms with van der Waals surface area (Å²) in [6, 6.07) is 0. The summed E-state index contributed by atoms with van der Waals surface area (Å²) < 4.78 is 0. The van der Waals surface area contributed by atoms with Crippen LogP contribution >= 0.6 is 0 Å². The lowest BCUT2D eigenvalue weighted by Crippen LogP contribution is -2.48. The van der Waals surface area contributed by atoms with Crippen LogP contribution in [-0.2, 0) is 4.79 Å². The van der Waals surface area contributed by atoms with Gasteiger partial charge in [0, 0.05) is 0 Å². The van der Waals surface area contributed by atoms with Crippen molar-refractivity contribution in [3.63, 3.8) is 0 Å². The van der Waals surface area contributed by atoms with Crippen molar-refractivity contribution in [2.45, 2.75) is 45.1 Å². The van der Waals surface area contributed by atoms with Gasteiger partial charge in [-0.2, -0.15) is 0 Å². The Morgan fingerprint density at radius 3 is 2.67 bits per heavy atom. The quantitative estimate of drug-likeness (QED) is 0.751. The van der Waals surface area contributed by atoms with E-state index in [1.54, 1.807) is 0 Å². The van der Waals surface area contributed by atoms with Crippen LogP contribution in [0.3, 0.4) is 0 Å². The molecule has 2 rings (SSSR count). The van der Waals surface area contributed by atoms with Gasteiger partial charge < -0.3 is 10.2 Å².